The van der Waals surface area contributed by atoms with Crippen LogP contribution in [0, 0.1) is 0 Å². The highest BCUT2D eigenvalue weighted by Gasteiger charge is 2.04. The van der Waals surface area contributed by atoms with Gasteiger partial charge in [0, 0.05) is 11.9 Å². The molecular formula is C14H22N2. The number of hydrogen-bond donors (Lipinski definition) is 0. The second-order valence-corrected chi connectivity index (χ2v) is 3.93. The van der Waals surface area contributed by atoms with E-state index in [-0.39, 0.29) is 0 Å². The third-order valence-corrected chi connectivity index (χ3v) is 2.63. The third kappa shape index (κ3) is 2.43. The minimum atomic E-state index is 0.587. The molecule has 1 heterocycles. The molecule has 0 saturated heterocycles. The van der Waals surface area contributed by atoms with E-state index in [0.29, 0.717) is 5.92 Å². The first-order valence-electron chi connectivity index (χ1n) is 6.18. The summed E-state index contributed by atoms with van der Waals surface area (Å²) in [6, 6.07) is 6.60. The molecule has 1 aromatic carbocycles. The summed E-state index contributed by atoms with van der Waals surface area (Å²) in [5.41, 5.74) is 2.62. The molecule has 0 aliphatic heterocycles. The first kappa shape index (κ1) is 12.8. The van der Waals surface area contributed by atoms with Crippen LogP contribution in [-0.2, 0) is 6.54 Å². The Hall–Kier alpha value is -1.31. The minimum absolute atomic E-state index is 0.587. The smallest absolute Gasteiger partial charge is 0.0682 e. The third-order valence-electron chi connectivity index (χ3n) is 2.63. The molecule has 0 unspecified atom stereocenters. The van der Waals surface area contributed by atoms with Crippen LogP contribution in [0.15, 0.2) is 24.4 Å². The lowest BCUT2D eigenvalue weighted by molar-refractivity contribution is 0.684. The Morgan fingerprint density at radius 2 is 1.94 bits per heavy atom. The van der Waals surface area contributed by atoms with E-state index < -0.39 is 0 Å². The SMILES string of the molecule is CC.CCn1ncc2cc(C(C)C)ccc21. The first-order chi connectivity index (χ1) is 7.72. The van der Waals surface area contributed by atoms with Crippen LogP contribution in [0.4, 0.5) is 0 Å². The minimum Gasteiger partial charge on any atom is -0.265 e. The molecule has 0 N–H and O–H groups in total. The molecule has 0 saturated carbocycles. The summed E-state index contributed by atoms with van der Waals surface area (Å²) >= 11 is 0. The van der Waals surface area contributed by atoms with E-state index in [1.165, 1.54) is 16.5 Å². The summed E-state index contributed by atoms with van der Waals surface area (Å²) in [4.78, 5) is 0. The van der Waals surface area contributed by atoms with Crippen LogP contribution < -0.4 is 0 Å². The highest BCUT2D eigenvalue weighted by Crippen LogP contribution is 2.20. The molecule has 2 nitrogen and oxygen atoms in total. The van der Waals surface area contributed by atoms with E-state index in [4.69, 9.17) is 0 Å². The number of fused-ring (bicyclic) bond motifs is 1. The van der Waals surface area contributed by atoms with E-state index in [0.717, 1.165) is 6.54 Å². The maximum absolute atomic E-state index is 4.33. The summed E-state index contributed by atoms with van der Waals surface area (Å²) in [5, 5.41) is 5.58. The van der Waals surface area contributed by atoms with Gasteiger partial charge in [-0.25, -0.2) is 0 Å². The highest BCUT2D eigenvalue weighted by atomic mass is 15.3. The lowest BCUT2D eigenvalue weighted by Gasteiger charge is -2.05. The summed E-state index contributed by atoms with van der Waals surface area (Å²) in [7, 11) is 0. The van der Waals surface area contributed by atoms with Gasteiger partial charge in [0.15, 0.2) is 0 Å². The fraction of sp³-hybridized carbons (Fsp3) is 0.500. The van der Waals surface area contributed by atoms with Crippen molar-refractivity contribution < 1.29 is 0 Å². The van der Waals surface area contributed by atoms with Crippen LogP contribution in [0.5, 0.6) is 0 Å². The van der Waals surface area contributed by atoms with Gasteiger partial charge in [-0.3, -0.25) is 4.68 Å². The number of nitrogens with zero attached hydrogens (tertiary/aromatic N) is 2. The van der Waals surface area contributed by atoms with E-state index in [9.17, 15) is 0 Å². The molecule has 0 bridgehead atoms. The molecule has 16 heavy (non-hydrogen) atoms. The van der Waals surface area contributed by atoms with Gasteiger partial charge in [-0.05, 0) is 30.5 Å². The van der Waals surface area contributed by atoms with E-state index >= 15 is 0 Å². The molecule has 0 aliphatic rings. The fourth-order valence-electron chi connectivity index (χ4n) is 1.72. The van der Waals surface area contributed by atoms with E-state index in [1.54, 1.807) is 0 Å². The maximum Gasteiger partial charge on any atom is 0.0682 e. The van der Waals surface area contributed by atoms with Crippen molar-refractivity contribution >= 4 is 10.9 Å². The molecule has 0 radical (unpaired) electrons. The topological polar surface area (TPSA) is 17.8 Å². The molecule has 1 aromatic heterocycles. The number of aryl methyl sites for hydroxylation is 1. The molecule has 0 fully saturated rings. The molecule has 0 amide bonds. The zero-order valence-electron chi connectivity index (χ0n) is 11.0. The Labute approximate surface area is 98.3 Å². The zero-order chi connectivity index (χ0) is 12.1. The average molecular weight is 218 g/mol. The standard InChI is InChI=1S/C12H16N2.C2H6/c1-4-14-12-6-5-10(9(2)3)7-11(12)8-13-14;1-2/h5-9H,4H2,1-3H3;1-2H3. The normalized spacial score (nSPS) is 10.4. The van der Waals surface area contributed by atoms with Crippen molar-refractivity contribution in [3.05, 3.63) is 30.0 Å². The van der Waals surface area contributed by atoms with Crippen molar-refractivity contribution in [2.24, 2.45) is 0 Å². The number of benzene rings is 1. The van der Waals surface area contributed by atoms with Crippen molar-refractivity contribution in [2.75, 3.05) is 0 Å². The van der Waals surface area contributed by atoms with Crippen molar-refractivity contribution in [1.82, 2.24) is 9.78 Å². The van der Waals surface area contributed by atoms with Crippen LogP contribution in [0.2, 0.25) is 0 Å². The predicted octanol–water partition coefficient (Wildman–Crippen LogP) is 4.21. The Balaban J connectivity index is 0.000000606. The lowest BCUT2D eigenvalue weighted by Crippen LogP contribution is -1.95. The number of aromatic nitrogens is 2. The largest absolute Gasteiger partial charge is 0.265 e. The molecule has 2 aromatic rings. The predicted molar refractivity (Wildman–Crippen MR) is 70.8 cm³/mol. The van der Waals surface area contributed by atoms with Crippen LogP contribution >= 0.6 is 0 Å². The average Bonchev–Trinajstić information content (AvgIpc) is 2.73. The Morgan fingerprint density at radius 3 is 2.50 bits per heavy atom. The Bertz CT molecular complexity index is 441. The van der Waals surface area contributed by atoms with Gasteiger partial charge in [-0.2, -0.15) is 5.10 Å². The van der Waals surface area contributed by atoms with E-state index in [1.807, 2.05) is 24.7 Å². The zero-order valence-corrected chi connectivity index (χ0v) is 11.0. The molecule has 88 valence electrons. The molecule has 2 rings (SSSR count). The quantitative estimate of drug-likeness (QED) is 0.738. The van der Waals surface area contributed by atoms with Gasteiger partial charge in [0.2, 0.25) is 0 Å². The van der Waals surface area contributed by atoms with Gasteiger partial charge in [0.05, 0.1) is 11.7 Å². The summed E-state index contributed by atoms with van der Waals surface area (Å²) in [6.45, 7) is 11.5. The van der Waals surface area contributed by atoms with E-state index in [2.05, 4.69) is 44.1 Å². The van der Waals surface area contributed by atoms with Crippen LogP contribution in [0.3, 0.4) is 0 Å². The van der Waals surface area contributed by atoms with Crippen molar-refractivity contribution in [2.45, 2.75) is 47.1 Å². The van der Waals surface area contributed by atoms with Crippen LogP contribution in [0.25, 0.3) is 10.9 Å². The molecule has 0 atom stereocenters. The number of hydrogen-bond acceptors (Lipinski definition) is 1. The first-order valence-corrected chi connectivity index (χ1v) is 6.18. The lowest BCUT2D eigenvalue weighted by atomic mass is 10.0. The number of rotatable bonds is 2. The maximum atomic E-state index is 4.33. The second-order valence-electron chi connectivity index (χ2n) is 3.93. The highest BCUT2D eigenvalue weighted by molar-refractivity contribution is 5.79. The van der Waals surface area contributed by atoms with Gasteiger partial charge < -0.3 is 0 Å². The summed E-state index contributed by atoms with van der Waals surface area (Å²) < 4.78 is 2.03. The molecule has 0 aliphatic carbocycles. The van der Waals surface area contributed by atoms with Gasteiger partial charge in [0.25, 0.3) is 0 Å². The molecule has 2 heteroatoms. The van der Waals surface area contributed by atoms with Crippen molar-refractivity contribution in [3.8, 4) is 0 Å². The van der Waals surface area contributed by atoms with Gasteiger partial charge in [-0.15, -0.1) is 0 Å². The molecule has 0 spiro atoms. The monoisotopic (exact) mass is 218 g/mol. The second kappa shape index (κ2) is 5.69. The van der Waals surface area contributed by atoms with Gasteiger partial charge >= 0.3 is 0 Å². The van der Waals surface area contributed by atoms with Gasteiger partial charge in [-0.1, -0.05) is 33.8 Å². The van der Waals surface area contributed by atoms with Crippen LogP contribution in [-0.4, -0.2) is 9.78 Å². The van der Waals surface area contributed by atoms with Crippen molar-refractivity contribution in [3.63, 3.8) is 0 Å². The molecular weight excluding hydrogens is 196 g/mol. The Morgan fingerprint density at radius 1 is 1.25 bits per heavy atom. The Kier molecular flexibility index (Phi) is 4.53. The van der Waals surface area contributed by atoms with Gasteiger partial charge in [0.1, 0.15) is 0 Å². The summed E-state index contributed by atoms with van der Waals surface area (Å²) in [6.07, 6.45) is 1.95. The van der Waals surface area contributed by atoms with Crippen molar-refractivity contribution in [1.29, 1.82) is 0 Å². The van der Waals surface area contributed by atoms with Crippen LogP contribution in [0.1, 0.15) is 46.1 Å². The summed E-state index contributed by atoms with van der Waals surface area (Å²) in [5.74, 6) is 0.587. The fourth-order valence-corrected chi connectivity index (χ4v) is 1.72.